The summed E-state index contributed by atoms with van der Waals surface area (Å²) in [5.41, 5.74) is 0.444. The predicted molar refractivity (Wildman–Crippen MR) is 70.6 cm³/mol. The molecule has 1 aliphatic rings. The molecule has 1 N–H and O–H groups in total. The molecular weight excluding hydrogens is 248 g/mol. The van der Waals surface area contributed by atoms with Crippen LogP contribution in [0.5, 0.6) is 0 Å². The molecular formula is C13H16N2O4. The van der Waals surface area contributed by atoms with Crippen molar-refractivity contribution >= 4 is 17.3 Å². The van der Waals surface area contributed by atoms with E-state index in [2.05, 4.69) is 6.92 Å². The highest BCUT2D eigenvalue weighted by atomic mass is 16.6. The largest absolute Gasteiger partial charge is 0.478 e. The van der Waals surface area contributed by atoms with Crippen LogP contribution in [0.3, 0.4) is 0 Å². The van der Waals surface area contributed by atoms with E-state index in [9.17, 15) is 14.9 Å². The van der Waals surface area contributed by atoms with Gasteiger partial charge in [0.1, 0.15) is 5.69 Å². The maximum Gasteiger partial charge on any atom is 0.335 e. The Morgan fingerprint density at radius 2 is 2.16 bits per heavy atom. The van der Waals surface area contributed by atoms with Crippen molar-refractivity contribution in [2.75, 3.05) is 11.4 Å². The Hall–Kier alpha value is -2.11. The number of nitro benzene ring substituents is 1. The number of anilines is 1. The number of carboxylic acids is 1. The van der Waals surface area contributed by atoms with Crippen molar-refractivity contribution in [3.63, 3.8) is 0 Å². The van der Waals surface area contributed by atoms with E-state index in [1.165, 1.54) is 18.2 Å². The highest BCUT2D eigenvalue weighted by Crippen LogP contribution is 2.35. The van der Waals surface area contributed by atoms with Gasteiger partial charge in [-0.25, -0.2) is 4.79 Å². The Bertz CT molecular complexity index is 529. The number of rotatable bonds is 3. The number of benzene rings is 1. The lowest BCUT2D eigenvalue weighted by Crippen LogP contribution is -2.27. The smallest absolute Gasteiger partial charge is 0.335 e. The zero-order valence-corrected chi connectivity index (χ0v) is 10.9. The quantitative estimate of drug-likeness (QED) is 0.670. The van der Waals surface area contributed by atoms with Gasteiger partial charge in [-0.1, -0.05) is 6.92 Å². The van der Waals surface area contributed by atoms with Crippen LogP contribution in [0.25, 0.3) is 0 Å². The first-order valence-electron chi connectivity index (χ1n) is 6.18. The molecule has 0 aliphatic carbocycles. The van der Waals surface area contributed by atoms with Crippen LogP contribution in [-0.4, -0.2) is 28.6 Å². The van der Waals surface area contributed by atoms with Crippen LogP contribution in [0.2, 0.25) is 0 Å². The first-order chi connectivity index (χ1) is 8.90. The molecule has 102 valence electrons. The van der Waals surface area contributed by atoms with E-state index in [0.717, 1.165) is 6.42 Å². The fourth-order valence-corrected chi connectivity index (χ4v) is 2.68. The molecule has 0 amide bonds. The lowest BCUT2D eigenvalue weighted by Gasteiger charge is -2.23. The van der Waals surface area contributed by atoms with Crippen molar-refractivity contribution in [3.8, 4) is 0 Å². The molecule has 0 spiro atoms. The summed E-state index contributed by atoms with van der Waals surface area (Å²) in [6.07, 6.45) is 0.953. The molecule has 6 nitrogen and oxygen atoms in total. The Morgan fingerprint density at radius 3 is 2.63 bits per heavy atom. The summed E-state index contributed by atoms with van der Waals surface area (Å²) in [6, 6.07) is 4.12. The van der Waals surface area contributed by atoms with E-state index in [4.69, 9.17) is 5.11 Å². The van der Waals surface area contributed by atoms with E-state index < -0.39 is 10.9 Å². The second-order valence-corrected chi connectivity index (χ2v) is 5.11. The molecule has 0 bridgehead atoms. The number of nitrogens with zero attached hydrogens (tertiary/aromatic N) is 2. The molecule has 1 aromatic rings. The van der Waals surface area contributed by atoms with Gasteiger partial charge in [-0.3, -0.25) is 10.1 Å². The van der Waals surface area contributed by atoms with Gasteiger partial charge in [0, 0.05) is 18.7 Å². The molecule has 6 heteroatoms. The molecule has 1 heterocycles. The van der Waals surface area contributed by atoms with Gasteiger partial charge in [-0.15, -0.1) is 0 Å². The van der Waals surface area contributed by atoms with Crippen molar-refractivity contribution in [1.29, 1.82) is 0 Å². The lowest BCUT2D eigenvalue weighted by molar-refractivity contribution is -0.384. The molecule has 1 saturated heterocycles. The highest BCUT2D eigenvalue weighted by molar-refractivity contribution is 5.90. The molecule has 0 radical (unpaired) electrons. The normalized spacial score (nSPS) is 22.5. The first-order valence-corrected chi connectivity index (χ1v) is 6.18. The Labute approximate surface area is 110 Å². The summed E-state index contributed by atoms with van der Waals surface area (Å²) in [4.78, 5) is 23.6. The number of hydrogen-bond donors (Lipinski definition) is 1. The zero-order valence-electron chi connectivity index (χ0n) is 10.9. The van der Waals surface area contributed by atoms with Crippen LogP contribution in [-0.2, 0) is 0 Å². The van der Waals surface area contributed by atoms with Gasteiger partial charge < -0.3 is 10.0 Å². The van der Waals surface area contributed by atoms with E-state index in [-0.39, 0.29) is 17.3 Å². The summed E-state index contributed by atoms with van der Waals surface area (Å²) in [5, 5.41) is 20.1. The minimum absolute atomic E-state index is 0.0362. The molecule has 0 aromatic heterocycles. The first kappa shape index (κ1) is 13.3. The van der Waals surface area contributed by atoms with Gasteiger partial charge in [-0.2, -0.15) is 0 Å². The molecule has 2 unspecified atom stereocenters. The summed E-state index contributed by atoms with van der Waals surface area (Å²) in [5.74, 6) is -0.626. The number of carboxylic acid groups (broad SMARTS) is 1. The van der Waals surface area contributed by atoms with E-state index >= 15 is 0 Å². The summed E-state index contributed by atoms with van der Waals surface area (Å²) in [6.45, 7) is 4.80. The van der Waals surface area contributed by atoms with Crippen molar-refractivity contribution in [2.24, 2.45) is 5.92 Å². The summed E-state index contributed by atoms with van der Waals surface area (Å²) >= 11 is 0. The number of hydrogen-bond acceptors (Lipinski definition) is 4. The minimum atomic E-state index is -1.07. The van der Waals surface area contributed by atoms with E-state index in [0.29, 0.717) is 18.2 Å². The topological polar surface area (TPSA) is 83.7 Å². The van der Waals surface area contributed by atoms with Gasteiger partial charge >= 0.3 is 5.97 Å². The van der Waals surface area contributed by atoms with Crippen molar-refractivity contribution in [1.82, 2.24) is 0 Å². The monoisotopic (exact) mass is 264 g/mol. The maximum atomic E-state index is 11.1. The average molecular weight is 264 g/mol. The molecule has 1 fully saturated rings. The third-order valence-electron chi connectivity index (χ3n) is 3.51. The summed E-state index contributed by atoms with van der Waals surface area (Å²) < 4.78 is 0. The SMILES string of the molecule is CC1CC(C)N(c2cc(C(=O)O)ccc2[N+](=O)[O-])C1. The van der Waals surface area contributed by atoms with E-state index in [1.807, 2.05) is 11.8 Å². The number of nitro groups is 1. The van der Waals surface area contributed by atoms with Gasteiger partial charge in [0.05, 0.1) is 10.5 Å². The zero-order chi connectivity index (χ0) is 14.2. The van der Waals surface area contributed by atoms with Crippen molar-refractivity contribution in [3.05, 3.63) is 33.9 Å². The van der Waals surface area contributed by atoms with Gasteiger partial charge in [0.25, 0.3) is 5.69 Å². The second-order valence-electron chi connectivity index (χ2n) is 5.11. The summed E-state index contributed by atoms with van der Waals surface area (Å²) in [7, 11) is 0. The standard InChI is InChI=1S/C13H16N2O4/c1-8-5-9(2)14(7-8)12-6-10(13(16)17)3-4-11(12)15(18)19/h3-4,6,8-9H,5,7H2,1-2H3,(H,16,17). The molecule has 1 aromatic carbocycles. The molecule has 0 saturated carbocycles. The molecule has 1 aliphatic heterocycles. The Morgan fingerprint density at radius 1 is 1.47 bits per heavy atom. The third-order valence-corrected chi connectivity index (χ3v) is 3.51. The van der Waals surface area contributed by atoms with Crippen LogP contribution in [0.1, 0.15) is 30.6 Å². The molecule has 19 heavy (non-hydrogen) atoms. The molecule has 2 rings (SSSR count). The average Bonchev–Trinajstić information content (AvgIpc) is 2.67. The Kier molecular flexibility index (Phi) is 3.42. The van der Waals surface area contributed by atoms with Crippen LogP contribution in [0, 0.1) is 16.0 Å². The van der Waals surface area contributed by atoms with Gasteiger partial charge in [0.2, 0.25) is 0 Å². The van der Waals surface area contributed by atoms with Gasteiger partial charge in [-0.05, 0) is 31.4 Å². The van der Waals surface area contributed by atoms with Crippen molar-refractivity contribution in [2.45, 2.75) is 26.3 Å². The third kappa shape index (κ3) is 2.52. The van der Waals surface area contributed by atoms with Gasteiger partial charge in [0.15, 0.2) is 0 Å². The van der Waals surface area contributed by atoms with E-state index in [1.54, 1.807) is 0 Å². The second kappa shape index (κ2) is 4.87. The van der Waals surface area contributed by atoms with Crippen LogP contribution in [0.15, 0.2) is 18.2 Å². The predicted octanol–water partition coefficient (Wildman–Crippen LogP) is 2.53. The fraction of sp³-hybridized carbons (Fsp3) is 0.462. The lowest BCUT2D eigenvalue weighted by atomic mass is 10.1. The van der Waals surface area contributed by atoms with Crippen LogP contribution in [0.4, 0.5) is 11.4 Å². The number of carbonyl (C=O) groups is 1. The molecule has 2 atom stereocenters. The fourth-order valence-electron chi connectivity index (χ4n) is 2.68. The maximum absolute atomic E-state index is 11.1. The highest BCUT2D eigenvalue weighted by Gasteiger charge is 2.31. The van der Waals surface area contributed by atoms with Crippen LogP contribution >= 0.6 is 0 Å². The number of aromatic carboxylic acids is 1. The Balaban J connectivity index is 2.49. The van der Waals surface area contributed by atoms with Crippen molar-refractivity contribution < 1.29 is 14.8 Å². The van der Waals surface area contributed by atoms with Crippen LogP contribution < -0.4 is 4.90 Å². The minimum Gasteiger partial charge on any atom is -0.478 e.